The van der Waals surface area contributed by atoms with Gasteiger partial charge in [0.15, 0.2) is 0 Å². The molecule has 0 saturated heterocycles. The summed E-state index contributed by atoms with van der Waals surface area (Å²) in [5.74, 6) is 0.558. The van der Waals surface area contributed by atoms with Gasteiger partial charge in [-0.15, -0.1) is 11.3 Å². The van der Waals surface area contributed by atoms with Crippen LogP contribution < -0.4 is 16.2 Å². The topological polar surface area (TPSA) is 88.2 Å². The first-order valence-corrected chi connectivity index (χ1v) is 8.40. The molecule has 0 unspecified atom stereocenters. The summed E-state index contributed by atoms with van der Waals surface area (Å²) in [7, 11) is 1.77. The molecule has 0 spiro atoms. The van der Waals surface area contributed by atoms with E-state index in [2.05, 4.69) is 26.1 Å². The number of carbonyl (C=O) groups excluding carboxylic acids is 1. The van der Waals surface area contributed by atoms with Crippen LogP contribution in [0.3, 0.4) is 0 Å². The molecule has 0 aliphatic rings. The fraction of sp³-hybridized carbons (Fsp3) is 0.118. The lowest BCUT2D eigenvalue weighted by atomic mass is 10.2. The van der Waals surface area contributed by atoms with Gasteiger partial charge in [-0.05, 0) is 23.8 Å². The van der Waals surface area contributed by atoms with Crippen molar-refractivity contribution in [3.05, 3.63) is 60.3 Å². The molecule has 8 heteroatoms. The Balaban J connectivity index is 1.52. The number of nitrogens with one attached hydrogen (secondary N) is 3. The molecule has 1 amide bonds. The molecular formula is C17H17N5O2S. The van der Waals surface area contributed by atoms with Gasteiger partial charge in [0.1, 0.15) is 11.6 Å². The molecule has 1 aromatic carbocycles. The van der Waals surface area contributed by atoms with E-state index < -0.39 is 6.09 Å². The normalized spacial score (nSPS) is 10.1. The van der Waals surface area contributed by atoms with Gasteiger partial charge in [-0.25, -0.2) is 20.2 Å². The van der Waals surface area contributed by atoms with Gasteiger partial charge in [-0.2, -0.15) is 0 Å². The van der Waals surface area contributed by atoms with Gasteiger partial charge in [0.05, 0.1) is 10.6 Å². The minimum atomic E-state index is -0.543. The van der Waals surface area contributed by atoms with Gasteiger partial charge >= 0.3 is 6.09 Å². The van der Waals surface area contributed by atoms with E-state index >= 15 is 0 Å². The van der Waals surface area contributed by atoms with Gasteiger partial charge in [-0.3, -0.25) is 5.43 Å². The van der Waals surface area contributed by atoms with Crippen LogP contribution in [-0.2, 0) is 11.3 Å². The van der Waals surface area contributed by atoms with Gasteiger partial charge in [0.25, 0.3) is 0 Å². The summed E-state index contributed by atoms with van der Waals surface area (Å²) in [4.78, 5) is 21.2. The highest BCUT2D eigenvalue weighted by Gasteiger charge is 2.07. The van der Waals surface area contributed by atoms with Crippen LogP contribution in [0.4, 0.5) is 15.7 Å². The third-order valence-corrected chi connectivity index (χ3v) is 4.26. The molecule has 0 atom stereocenters. The maximum atomic E-state index is 11.7. The Morgan fingerprint density at radius 2 is 2.00 bits per heavy atom. The molecule has 2 aromatic heterocycles. The Labute approximate surface area is 149 Å². The van der Waals surface area contributed by atoms with Crippen molar-refractivity contribution >= 4 is 28.4 Å². The molecule has 0 bridgehead atoms. The molecule has 0 aliphatic heterocycles. The van der Waals surface area contributed by atoms with E-state index in [4.69, 9.17) is 4.74 Å². The van der Waals surface area contributed by atoms with Crippen molar-refractivity contribution in [1.82, 2.24) is 15.4 Å². The highest BCUT2D eigenvalue weighted by molar-refractivity contribution is 7.19. The van der Waals surface area contributed by atoms with Gasteiger partial charge in [0.2, 0.25) is 5.95 Å². The smallest absolute Gasteiger partial charge is 0.426 e. The number of rotatable bonds is 6. The lowest BCUT2D eigenvalue weighted by molar-refractivity contribution is 0.142. The van der Waals surface area contributed by atoms with Crippen molar-refractivity contribution < 1.29 is 9.53 Å². The Hall–Kier alpha value is -3.13. The third-order valence-electron chi connectivity index (χ3n) is 3.24. The van der Waals surface area contributed by atoms with E-state index in [1.54, 1.807) is 13.2 Å². The summed E-state index contributed by atoms with van der Waals surface area (Å²) in [5, 5.41) is 3.68. The molecule has 3 aromatic rings. The van der Waals surface area contributed by atoms with Gasteiger partial charge < -0.3 is 10.1 Å². The Kier molecular flexibility index (Phi) is 5.43. The highest BCUT2D eigenvalue weighted by atomic mass is 32.1. The molecule has 0 saturated carbocycles. The first-order valence-electron chi connectivity index (χ1n) is 7.58. The zero-order chi connectivity index (χ0) is 17.5. The van der Waals surface area contributed by atoms with Gasteiger partial charge in [0, 0.05) is 13.2 Å². The van der Waals surface area contributed by atoms with E-state index in [1.165, 1.54) is 11.3 Å². The number of anilines is 2. The molecule has 0 aliphatic carbocycles. The molecule has 0 radical (unpaired) electrons. The zero-order valence-corrected chi connectivity index (χ0v) is 14.3. The molecule has 3 N–H and O–H groups in total. The number of thiophene rings is 1. The van der Waals surface area contributed by atoms with Crippen LogP contribution in [0, 0.1) is 0 Å². The number of aromatic nitrogens is 2. The zero-order valence-electron chi connectivity index (χ0n) is 13.5. The van der Waals surface area contributed by atoms with Crippen LogP contribution in [0.1, 0.15) is 5.56 Å². The van der Waals surface area contributed by atoms with E-state index in [0.29, 0.717) is 5.95 Å². The largest absolute Gasteiger partial charge is 0.443 e. The van der Waals surface area contributed by atoms with Gasteiger partial charge in [-0.1, -0.05) is 30.3 Å². The lowest BCUT2D eigenvalue weighted by Gasteiger charge is -2.07. The fourth-order valence-corrected chi connectivity index (χ4v) is 2.86. The number of nitrogens with zero attached hydrogens (tertiary/aromatic N) is 2. The highest BCUT2D eigenvalue weighted by Crippen LogP contribution is 2.29. The second-order valence-corrected chi connectivity index (χ2v) is 6.07. The molecular weight excluding hydrogens is 338 g/mol. The average Bonchev–Trinajstić information content (AvgIpc) is 3.15. The molecule has 2 heterocycles. The molecule has 25 heavy (non-hydrogen) atoms. The van der Waals surface area contributed by atoms with Crippen LogP contribution in [-0.4, -0.2) is 23.1 Å². The average molecular weight is 355 g/mol. The molecule has 7 nitrogen and oxygen atoms in total. The molecule has 0 fully saturated rings. The number of hydrazine groups is 1. The van der Waals surface area contributed by atoms with Crippen molar-refractivity contribution in [1.29, 1.82) is 0 Å². The Bertz CT molecular complexity index is 838. The summed E-state index contributed by atoms with van der Waals surface area (Å²) in [6.07, 6.45) is 1.15. The number of amides is 1. The summed E-state index contributed by atoms with van der Waals surface area (Å²) < 4.78 is 5.13. The maximum absolute atomic E-state index is 11.7. The number of carbonyl (C=O) groups is 1. The van der Waals surface area contributed by atoms with E-state index in [0.717, 1.165) is 21.1 Å². The second-order valence-electron chi connectivity index (χ2n) is 4.99. The van der Waals surface area contributed by atoms with Crippen molar-refractivity contribution in [2.75, 3.05) is 17.8 Å². The van der Waals surface area contributed by atoms with Crippen LogP contribution in [0.5, 0.6) is 0 Å². The monoisotopic (exact) mass is 355 g/mol. The number of hydrogen-bond acceptors (Lipinski definition) is 7. The molecule has 128 valence electrons. The summed E-state index contributed by atoms with van der Waals surface area (Å²) in [5.41, 5.74) is 7.09. The minimum Gasteiger partial charge on any atom is -0.443 e. The quantitative estimate of drug-likeness (QED) is 0.587. The fourth-order valence-electron chi connectivity index (χ4n) is 2.03. The van der Waals surface area contributed by atoms with Crippen molar-refractivity contribution in [3.8, 4) is 10.6 Å². The van der Waals surface area contributed by atoms with E-state index in [9.17, 15) is 4.79 Å². The lowest BCUT2D eigenvalue weighted by Crippen LogP contribution is -2.29. The number of hydrogen-bond donors (Lipinski definition) is 3. The summed E-state index contributed by atoms with van der Waals surface area (Å²) in [6, 6.07) is 15.1. The van der Waals surface area contributed by atoms with Crippen LogP contribution >= 0.6 is 11.3 Å². The summed E-state index contributed by atoms with van der Waals surface area (Å²) in [6.45, 7) is 0.220. The van der Waals surface area contributed by atoms with Crippen LogP contribution in [0.25, 0.3) is 10.6 Å². The number of ether oxygens (including phenoxy) is 1. The first-order chi connectivity index (χ1) is 12.2. The summed E-state index contributed by atoms with van der Waals surface area (Å²) >= 11 is 1.46. The third kappa shape index (κ3) is 4.67. The minimum absolute atomic E-state index is 0.220. The van der Waals surface area contributed by atoms with Crippen LogP contribution in [0.2, 0.25) is 0 Å². The predicted molar refractivity (Wildman–Crippen MR) is 98.3 cm³/mol. The van der Waals surface area contributed by atoms with Crippen LogP contribution in [0.15, 0.2) is 54.7 Å². The Morgan fingerprint density at radius 1 is 1.16 bits per heavy atom. The number of benzene rings is 1. The van der Waals surface area contributed by atoms with E-state index in [-0.39, 0.29) is 6.61 Å². The van der Waals surface area contributed by atoms with Crippen molar-refractivity contribution in [3.63, 3.8) is 0 Å². The van der Waals surface area contributed by atoms with Crippen molar-refractivity contribution in [2.24, 2.45) is 0 Å². The van der Waals surface area contributed by atoms with Crippen molar-refractivity contribution in [2.45, 2.75) is 6.61 Å². The maximum Gasteiger partial charge on any atom is 0.426 e. The molecule has 3 rings (SSSR count). The second kappa shape index (κ2) is 8.11. The SMILES string of the molecule is CNc1nccc(-c2ccc(NNC(=O)OCc3ccccc3)s2)n1. The Morgan fingerprint density at radius 3 is 2.80 bits per heavy atom. The van der Waals surface area contributed by atoms with E-state index in [1.807, 2.05) is 48.5 Å². The first kappa shape index (κ1) is 16.7. The standard InChI is InChI=1S/C17H17N5O2S/c1-18-16-19-10-9-13(20-16)14-7-8-15(25-14)21-22-17(23)24-11-12-5-3-2-4-6-12/h2-10,21H,11H2,1H3,(H,22,23)(H,18,19,20). The predicted octanol–water partition coefficient (Wildman–Crippen LogP) is 3.50.